The number of para-hydroxylation sites is 2. The van der Waals surface area contributed by atoms with Gasteiger partial charge in [-0.1, -0.05) is 54.6 Å². The first-order chi connectivity index (χ1) is 18.6. The highest BCUT2D eigenvalue weighted by atomic mass is 16.5. The molecule has 2 bridgehead atoms. The SMILES string of the molecule is O=C(O)c1ccc(CN2C[C@H]3C[C@H]2CN3Cc2ccc(Oc3ccccc3)cc2Oc2ccccc2)cc1. The minimum absolute atomic E-state index is 0.330. The van der Waals surface area contributed by atoms with Crippen molar-refractivity contribution in [3.05, 3.63) is 120 Å². The number of fused-ring (bicyclic) bond motifs is 2. The smallest absolute Gasteiger partial charge is 0.335 e. The van der Waals surface area contributed by atoms with Crippen LogP contribution in [0.5, 0.6) is 23.0 Å². The lowest BCUT2D eigenvalue weighted by Crippen LogP contribution is -2.45. The molecular weight excluding hydrogens is 476 g/mol. The van der Waals surface area contributed by atoms with Gasteiger partial charge in [0.1, 0.15) is 23.0 Å². The van der Waals surface area contributed by atoms with Crippen molar-refractivity contribution >= 4 is 5.97 Å². The predicted octanol–water partition coefficient (Wildman–Crippen LogP) is 6.43. The first-order valence-electron chi connectivity index (χ1n) is 13.0. The molecule has 0 amide bonds. The number of hydrogen-bond acceptors (Lipinski definition) is 5. The van der Waals surface area contributed by atoms with Crippen molar-refractivity contribution in [3.63, 3.8) is 0 Å². The lowest BCUT2D eigenvalue weighted by atomic mass is 10.1. The first-order valence-corrected chi connectivity index (χ1v) is 13.0. The molecule has 2 aliphatic rings. The van der Waals surface area contributed by atoms with Crippen LogP contribution in [0.2, 0.25) is 0 Å². The zero-order valence-electron chi connectivity index (χ0n) is 21.1. The number of piperazine rings is 1. The van der Waals surface area contributed by atoms with E-state index in [-0.39, 0.29) is 0 Å². The van der Waals surface area contributed by atoms with Gasteiger partial charge in [-0.15, -0.1) is 0 Å². The van der Waals surface area contributed by atoms with Crippen molar-refractivity contribution < 1.29 is 19.4 Å². The van der Waals surface area contributed by atoms with Crippen LogP contribution in [0.1, 0.15) is 27.9 Å². The van der Waals surface area contributed by atoms with Crippen molar-refractivity contribution in [2.24, 2.45) is 0 Å². The van der Waals surface area contributed by atoms with E-state index in [1.165, 1.54) is 0 Å². The van der Waals surface area contributed by atoms with Crippen molar-refractivity contribution in [1.82, 2.24) is 9.80 Å². The largest absolute Gasteiger partial charge is 0.478 e. The monoisotopic (exact) mass is 506 g/mol. The molecule has 0 aromatic heterocycles. The summed E-state index contributed by atoms with van der Waals surface area (Å²) in [4.78, 5) is 16.2. The minimum Gasteiger partial charge on any atom is -0.478 e. The average Bonchev–Trinajstić information content (AvgIpc) is 3.52. The van der Waals surface area contributed by atoms with Gasteiger partial charge >= 0.3 is 5.97 Å². The van der Waals surface area contributed by atoms with Gasteiger partial charge in [0.25, 0.3) is 0 Å². The summed E-state index contributed by atoms with van der Waals surface area (Å²) in [5, 5.41) is 9.15. The number of likely N-dealkylation sites (tertiary alicyclic amines) is 2. The summed E-state index contributed by atoms with van der Waals surface area (Å²) in [6.45, 7) is 3.68. The van der Waals surface area contributed by atoms with E-state index in [4.69, 9.17) is 14.6 Å². The van der Waals surface area contributed by atoms with Gasteiger partial charge in [-0.3, -0.25) is 9.80 Å². The maximum atomic E-state index is 11.1. The number of aromatic carboxylic acids is 1. The van der Waals surface area contributed by atoms with Gasteiger partial charge < -0.3 is 14.6 Å². The number of carboxylic acid groups (broad SMARTS) is 1. The van der Waals surface area contributed by atoms with Crippen LogP contribution < -0.4 is 9.47 Å². The Labute approximate surface area is 222 Å². The third kappa shape index (κ3) is 5.42. The summed E-state index contributed by atoms with van der Waals surface area (Å²) < 4.78 is 12.4. The second-order valence-electron chi connectivity index (χ2n) is 10.0. The Bertz CT molecular complexity index is 1390. The fraction of sp³-hybridized carbons (Fsp3) is 0.219. The maximum Gasteiger partial charge on any atom is 0.335 e. The summed E-state index contributed by atoms with van der Waals surface area (Å²) in [6, 6.07) is 34.0. The van der Waals surface area contributed by atoms with Crippen molar-refractivity contribution in [2.45, 2.75) is 31.6 Å². The van der Waals surface area contributed by atoms with Crippen molar-refractivity contribution in [1.29, 1.82) is 0 Å². The lowest BCUT2D eigenvalue weighted by Gasteiger charge is -2.34. The van der Waals surface area contributed by atoms with E-state index in [0.717, 1.165) is 66.7 Å². The van der Waals surface area contributed by atoms with Gasteiger partial charge in [0.05, 0.1) is 5.56 Å². The van der Waals surface area contributed by atoms with Gasteiger partial charge in [0.2, 0.25) is 0 Å². The molecular formula is C32H30N2O4. The Kier molecular flexibility index (Phi) is 6.82. The molecule has 6 nitrogen and oxygen atoms in total. The first kappa shape index (κ1) is 24.2. The molecule has 6 rings (SSSR count). The summed E-state index contributed by atoms with van der Waals surface area (Å²) in [7, 11) is 0. The highest BCUT2D eigenvalue weighted by Crippen LogP contribution is 2.37. The number of rotatable bonds is 9. The molecule has 0 radical (unpaired) electrons. The molecule has 0 spiro atoms. The number of carbonyl (C=O) groups is 1. The Morgan fingerprint density at radius 1 is 0.711 bits per heavy atom. The summed E-state index contributed by atoms with van der Waals surface area (Å²) >= 11 is 0. The minimum atomic E-state index is -0.886. The Morgan fingerprint density at radius 2 is 1.32 bits per heavy atom. The van der Waals surface area contributed by atoms with E-state index in [2.05, 4.69) is 15.9 Å². The van der Waals surface area contributed by atoms with Crippen LogP contribution in [-0.4, -0.2) is 46.0 Å². The Balaban J connectivity index is 1.15. The summed E-state index contributed by atoms with van der Waals surface area (Å²) in [6.07, 6.45) is 1.15. The van der Waals surface area contributed by atoms with Crippen LogP contribution in [-0.2, 0) is 13.1 Å². The van der Waals surface area contributed by atoms with Gasteiger partial charge in [-0.2, -0.15) is 0 Å². The third-order valence-electron chi connectivity index (χ3n) is 7.42. The van der Waals surface area contributed by atoms with Crippen LogP contribution in [0.25, 0.3) is 0 Å². The maximum absolute atomic E-state index is 11.1. The molecule has 2 aliphatic heterocycles. The zero-order chi connectivity index (χ0) is 25.9. The highest BCUT2D eigenvalue weighted by Gasteiger charge is 2.43. The van der Waals surface area contributed by atoms with E-state index in [1.54, 1.807) is 12.1 Å². The average molecular weight is 507 g/mol. The molecule has 0 saturated carbocycles. The molecule has 2 saturated heterocycles. The molecule has 0 aliphatic carbocycles. The van der Waals surface area contributed by atoms with Crippen LogP contribution >= 0.6 is 0 Å². The van der Waals surface area contributed by atoms with Gasteiger partial charge in [-0.25, -0.2) is 4.79 Å². The second kappa shape index (κ2) is 10.7. The van der Waals surface area contributed by atoms with Gasteiger partial charge in [0.15, 0.2) is 0 Å². The summed E-state index contributed by atoms with van der Waals surface area (Å²) in [5.74, 6) is 2.26. The molecule has 38 heavy (non-hydrogen) atoms. The number of nitrogens with zero attached hydrogens (tertiary/aromatic N) is 2. The quantitative estimate of drug-likeness (QED) is 0.282. The highest BCUT2D eigenvalue weighted by molar-refractivity contribution is 5.87. The van der Waals surface area contributed by atoms with E-state index < -0.39 is 5.97 Å². The lowest BCUT2D eigenvalue weighted by molar-refractivity contribution is 0.0697. The summed E-state index contributed by atoms with van der Waals surface area (Å²) in [5.41, 5.74) is 2.62. The molecule has 0 unspecified atom stereocenters. The number of benzene rings is 4. The third-order valence-corrected chi connectivity index (χ3v) is 7.42. The normalized spacial score (nSPS) is 18.9. The number of ether oxygens (including phenoxy) is 2. The van der Waals surface area contributed by atoms with Gasteiger partial charge in [0, 0.05) is 49.9 Å². The predicted molar refractivity (Wildman–Crippen MR) is 146 cm³/mol. The zero-order valence-corrected chi connectivity index (χ0v) is 21.1. The fourth-order valence-electron chi connectivity index (χ4n) is 5.49. The molecule has 2 heterocycles. The van der Waals surface area contributed by atoms with E-state index in [9.17, 15) is 4.79 Å². The van der Waals surface area contributed by atoms with Crippen LogP contribution in [0.15, 0.2) is 103 Å². The van der Waals surface area contributed by atoms with E-state index in [1.807, 2.05) is 84.9 Å². The van der Waals surface area contributed by atoms with Crippen LogP contribution in [0, 0.1) is 0 Å². The van der Waals surface area contributed by atoms with Crippen molar-refractivity contribution in [2.75, 3.05) is 13.1 Å². The second-order valence-corrected chi connectivity index (χ2v) is 10.0. The van der Waals surface area contributed by atoms with Crippen molar-refractivity contribution in [3.8, 4) is 23.0 Å². The molecule has 4 aromatic carbocycles. The molecule has 2 atom stereocenters. The van der Waals surface area contributed by atoms with Gasteiger partial charge in [-0.05, 0) is 54.4 Å². The molecule has 6 heteroatoms. The molecule has 192 valence electrons. The van der Waals surface area contributed by atoms with Crippen LogP contribution in [0.4, 0.5) is 0 Å². The fourth-order valence-corrected chi connectivity index (χ4v) is 5.49. The Hall–Kier alpha value is -4.13. The van der Waals surface area contributed by atoms with E-state index >= 15 is 0 Å². The molecule has 2 fully saturated rings. The van der Waals surface area contributed by atoms with E-state index in [0.29, 0.717) is 17.6 Å². The topological polar surface area (TPSA) is 62.2 Å². The number of carboxylic acids is 1. The molecule has 4 aromatic rings. The Morgan fingerprint density at radius 3 is 1.92 bits per heavy atom. The molecule has 1 N–H and O–H groups in total. The number of hydrogen-bond donors (Lipinski definition) is 1. The van der Waals surface area contributed by atoms with Crippen LogP contribution in [0.3, 0.4) is 0 Å². The standard InChI is InChI=1S/C32H30N2O4/c35-32(36)24-13-11-23(12-14-24)19-33-21-27-17-26(33)22-34(27)20-25-15-16-30(37-28-7-3-1-4-8-28)18-31(25)38-29-9-5-2-6-10-29/h1-16,18,26-27H,17,19-22H2,(H,35,36)/t26-,27+/m0/s1.